The molecular formula is C18H28O3. The number of esters is 1. The molecule has 2 saturated carbocycles. The van der Waals surface area contributed by atoms with E-state index in [1.165, 1.54) is 12.8 Å². The molecule has 0 amide bonds. The molecule has 1 heterocycles. The minimum atomic E-state index is -0.0319. The summed E-state index contributed by atoms with van der Waals surface area (Å²) >= 11 is 0. The van der Waals surface area contributed by atoms with E-state index >= 15 is 0 Å². The van der Waals surface area contributed by atoms with Crippen molar-refractivity contribution in [2.45, 2.75) is 71.8 Å². The van der Waals surface area contributed by atoms with Crippen LogP contribution in [0.2, 0.25) is 0 Å². The molecule has 21 heavy (non-hydrogen) atoms. The molecule has 0 bridgehead atoms. The molecule has 3 nitrogen and oxygen atoms in total. The Morgan fingerprint density at radius 2 is 2.10 bits per heavy atom. The standard InChI is InChI=1S/C18H28O3/c1-11(9-13-10-12(2)17(20)21-13)14-6-7-15-16(19)5-4-8-18(14,15)3/h11-15H,4-10H2,1-3H3/t11-,12+,13?,14?,15+,18-/m1/s1. The van der Waals surface area contributed by atoms with Gasteiger partial charge in [-0.2, -0.15) is 0 Å². The smallest absolute Gasteiger partial charge is 0.309 e. The highest BCUT2D eigenvalue weighted by atomic mass is 16.5. The third-order valence-electron chi connectivity index (χ3n) is 6.56. The molecule has 0 spiro atoms. The molecule has 0 radical (unpaired) electrons. The normalized spacial score (nSPS) is 44.5. The van der Waals surface area contributed by atoms with Gasteiger partial charge in [0.25, 0.3) is 0 Å². The fourth-order valence-electron chi connectivity index (χ4n) is 5.45. The number of cyclic esters (lactones) is 1. The van der Waals surface area contributed by atoms with Crippen LogP contribution in [0.1, 0.15) is 65.7 Å². The van der Waals surface area contributed by atoms with Crippen molar-refractivity contribution in [2.75, 3.05) is 0 Å². The van der Waals surface area contributed by atoms with Crippen LogP contribution >= 0.6 is 0 Å². The lowest BCUT2D eigenvalue weighted by molar-refractivity contribution is -0.144. The Balaban J connectivity index is 1.66. The van der Waals surface area contributed by atoms with E-state index in [9.17, 15) is 9.59 Å². The van der Waals surface area contributed by atoms with Gasteiger partial charge >= 0.3 is 5.97 Å². The van der Waals surface area contributed by atoms with Crippen LogP contribution < -0.4 is 0 Å². The van der Waals surface area contributed by atoms with Crippen LogP contribution in [-0.4, -0.2) is 17.9 Å². The van der Waals surface area contributed by atoms with E-state index in [2.05, 4.69) is 13.8 Å². The van der Waals surface area contributed by atoms with E-state index in [4.69, 9.17) is 4.74 Å². The van der Waals surface area contributed by atoms with E-state index in [0.29, 0.717) is 23.5 Å². The van der Waals surface area contributed by atoms with Gasteiger partial charge in [-0.3, -0.25) is 9.59 Å². The van der Waals surface area contributed by atoms with Gasteiger partial charge in [0, 0.05) is 12.3 Å². The average molecular weight is 292 g/mol. The Morgan fingerprint density at radius 1 is 1.33 bits per heavy atom. The summed E-state index contributed by atoms with van der Waals surface area (Å²) in [4.78, 5) is 23.8. The topological polar surface area (TPSA) is 43.4 Å². The van der Waals surface area contributed by atoms with E-state index in [1.807, 2.05) is 6.92 Å². The second kappa shape index (κ2) is 5.40. The number of hydrogen-bond acceptors (Lipinski definition) is 3. The van der Waals surface area contributed by atoms with Crippen molar-refractivity contribution < 1.29 is 14.3 Å². The third kappa shape index (κ3) is 2.53. The molecular weight excluding hydrogens is 264 g/mol. The van der Waals surface area contributed by atoms with Crippen molar-refractivity contribution in [3.63, 3.8) is 0 Å². The molecule has 3 fully saturated rings. The lowest BCUT2D eigenvalue weighted by Crippen LogP contribution is -2.39. The maximum Gasteiger partial charge on any atom is 0.309 e. The first-order chi connectivity index (χ1) is 9.91. The van der Waals surface area contributed by atoms with Crippen LogP contribution in [0.5, 0.6) is 0 Å². The molecule has 6 atom stereocenters. The molecule has 0 N–H and O–H groups in total. The Kier molecular flexibility index (Phi) is 3.87. The second-order valence-corrected chi connectivity index (χ2v) is 7.97. The van der Waals surface area contributed by atoms with Gasteiger partial charge in [-0.05, 0) is 55.8 Å². The largest absolute Gasteiger partial charge is 0.462 e. The number of ketones is 1. The molecule has 3 aliphatic rings. The fourth-order valence-corrected chi connectivity index (χ4v) is 5.45. The first-order valence-electron chi connectivity index (χ1n) is 8.65. The van der Waals surface area contributed by atoms with Crippen LogP contribution in [-0.2, 0) is 14.3 Å². The molecule has 3 rings (SSSR count). The minimum absolute atomic E-state index is 0.0319. The first-order valence-corrected chi connectivity index (χ1v) is 8.65. The van der Waals surface area contributed by atoms with Gasteiger partial charge in [-0.1, -0.05) is 20.8 Å². The monoisotopic (exact) mass is 292 g/mol. The number of fused-ring (bicyclic) bond motifs is 1. The van der Waals surface area contributed by atoms with Crippen LogP contribution in [0.25, 0.3) is 0 Å². The summed E-state index contributed by atoms with van der Waals surface area (Å²) in [5, 5.41) is 0. The first kappa shape index (κ1) is 15.1. The van der Waals surface area contributed by atoms with Gasteiger partial charge < -0.3 is 4.74 Å². The van der Waals surface area contributed by atoms with Gasteiger partial charge in [-0.15, -0.1) is 0 Å². The Morgan fingerprint density at radius 3 is 2.76 bits per heavy atom. The van der Waals surface area contributed by atoms with Crippen molar-refractivity contribution in [2.24, 2.45) is 29.1 Å². The molecule has 0 aromatic carbocycles. The Labute approximate surface area is 127 Å². The molecule has 0 aromatic rings. The van der Waals surface area contributed by atoms with Crippen molar-refractivity contribution in [1.29, 1.82) is 0 Å². The summed E-state index contributed by atoms with van der Waals surface area (Å²) in [5.74, 6) is 1.97. The van der Waals surface area contributed by atoms with Crippen LogP contribution in [0, 0.1) is 29.1 Å². The minimum Gasteiger partial charge on any atom is -0.462 e. The highest BCUT2D eigenvalue weighted by Crippen LogP contribution is 2.57. The fraction of sp³-hybridized carbons (Fsp3) is 0.889. The average Bonchev–Trinajstić information content (AvgIpc) is 2.91. The molecule has 118 valence electrons. The zero-order chi connectivity index (χ0) is 15.2. The summed E-state index contributed by atoms with van der Waals surface area (Å²) in [7, 11) is 0. The van der Waals surface area contributed by atoms with E-state index < -0.39 is 0 Å². The van der Waals surface area contributed by atoms with Gasteiger partial charge in [-0.25, -0.2) is 0 Å². The van der Waals surface area contributed by atoms with Crippen molar-refractivity contribution in [3.05, 3.63) is 0 Å². The third-order valence-corrected chi connectivity index (χ3v) is 6.56. The molecule has 2 aliphatic carbocycles. The van der Waals surface area contributed by atoms with Crippen LogP contribution in [0.4, 0.5) is 0 Å². The van der Waals surface area contributed by atoms with Crippen molar-refractivity contribution >= 4 is 11.8 Å². The maximum absolute atomic E-state index is 12.2. The molecule has 1 aliphatic heterocycles. The Hall–Kier alpha value is -0.860. The highest BCUT2D eigenvalue weighted by Gasteiger charge is 2.52. The summed E-state index contributed by atoms with van der Waals surface area (Å²) < 4.78 is 5.49. The number of Topliss-reactive ketones (excluding diaryl/α,β-unsaturated/α-hetero) is 1. The zero-order valence-corrected chi connectivity index (χ0v) is 13.6. The van der Waals surface area contributed by atoms with Crippen LogP contribution in [0.3, 0.4) is 0 Å². The summed E-state index contributed by atoms with van der Waals surface area (Å²) in [6.07, 6.45) is 7.23. The molecule has 1 saturated heterocycles. The highest BCUT2D eigenvalue weighted by molar-refractivity contribution is 5.83. The summed E-state index contributed by atoms with van der Waals surface area (Å²) in [5.41, 5.74) is 0.197. The van der Waals surface area contributed by atoms with Gasteiger partial charge in [0.15, 0.2) is 0 Å². The predicted molar refractivity (Wildman–Crippen MR) is 80.6 cm³/mol. The zero-order valence-electron chi connectivity index (χ0n) is 13.6. The van der Waals surface area contributed by atoms with E-state index in [1.54, 1.807) is 0 Å². The predicted octanol–water partition coefficient (Wildman–Crippen LogP) is 3.75. The molecule has 3 heteroatoms. The number of rotatable bonds is 3. The number of ether oxygens (including phenoxy) is 1. The Bertz CT molecular complexity index is 444. The van der Waals surface area contributed by atoms with Crippen molar-refractivity contribution in [3.8, 4) is 0 Å². The SMILES string of the molecule is C[C@H](CC1C[C@H](C)C(=O)O1)C1CC[C@H]2C(=O)CCC[C@]12C. The lowest BCUT2D eigenvalue weighted by atomic mass is 9.62. The number of hydrogen-bond donors (Lipinski definition) is 0. The number of carbonyl (C=O) groups excluding carboxylic acids is 2. The molecule has 2 unspecified atom stereocenters. The van der Waals surface area contributed by atoms with Crippen molar-refractivity contribution in [1.82, 2.24) is 0 Å². The number of carbonyl (C=O) groups is 2. The van der Waals surface area contributed by atoms with E-state index in [-0.39, 0.29) is 23.4 Å². The van der Waals surface area contributed by atoms with E-state index in [0.717, 1.165) is 32.1 Å². The maximum atomic E-state index is 12.2. The van der Waals surface area contributed by atoms with Crippen LogP contribution in [0.15, 0.2) is 0 Å². The summed E-state index contributed by atoms with van der Waals surface area (Å²) in [6, 6.07) is 0. The second-order valence-electron chi connectivity index (χ2n) is 7.97. The van der Waals surface area contributed by atoms with Gasteiger partial charge in [0.2, 0.25) is 0 Å². The lowest BCUT2D eigenvalue weighted by Gasteiger charge is -2.42. The molecule has 0 aromatic heterocycles. The van der Waals surface area contributed by atoms with Gasteiger partial charge in [0.05, 0.1) is 5.92 Å². The van der Waals surface area contributed by atoms with Gasteiger partial charge in [0.1, 0.15) is 11.9 Å². The summed E-state index contributed by atoms with van der Waals surface area (Å²) in [6.45, 7) is 6.60. The quantitative estimate of drug-likeness (QED) is 0.744.